The molecule has 2 rings (SSSR count). The van der Waals surface area contributed by atoms with Gasteiger partial charge in [0.1, 0.15) is 0 Å². The first-order valence-corrected chi connectivity index (χ1v) is 6.61. The molecule has 0 spiro atoms. The number of hydrogen-bond donors (Lipinski definition) is 2. The average Bonchev–Trinajstić information content (AvgIpc) is 2.27. The molecule has 3 heteroatoms. The van der Waals surface area contributed by atoms with Crippen molar-refractivity contribution in [1.82, 2.24) is 0 Å². The van der Waals surface area contributed by atoms with Gasteiger partial charge < -0.3 is 10.6 Å². The highest BCUT2D eigenvalue weighted by atomic mass is 16.1. The number of carbonyl (C=O) groups excluding carboxylic acids is 1. The van der Waals surface area contributed by atoms with E-state index in [1.54, 1.807) is 0 Å². The van der Waals surface area contributed by atoms with Crippen molar-refractivity contribution in [3.05, 3.63) is 23.8 Å². The molecule has 0 fully saturated rings. The van der Waals surface area contributed by atoms with Crippen LogP contribution in [0.1, 0.15) is 39.2 Å². The topological polar surface area (TPSA) is 41.1 Å². The van der Waals surface area contributed by atoms with Gasteiger partial charge in [0.05, 0.1) is 0 Å². The summed E-state index contributed by atoms with van der Waals surface area (Å²) in [5, 5.41) is 6.42. The summed E-state index contributed by atoms with van der Waals surface area (Å²) < 4.78 is 0. The summed E-state index contributed by atoms with van der Waals surface area (Å²) >= 11 is 0. The summed E-state index contributed by atoms with van der Waals surface area (Å²) in [6, 6.07) is 6.06. The maximum absolute atomic E-state index is 12.0. The first-order chi connectivity index (χ1) is 8.46. The molecule has 3 nitrogen and oxygen atoms in total. The van der Waals surface area contributed by atoms with E-state index in [0.29, 0.717) is 6.42 Å². The number of fused-ring (bicyclic) bond motifs is 1. The van der Waals surface area contributed by atoms with Gasteiger partial charge in [-0.3, -0.25) is 4.79 Å². The maximum atomic E-state index is 12.0. The molecule has 0 aromatic heterocycles. The Morgan fingerprint density at radius 2 is 2.17 bits per heavy atom. The van der Waals surface area contributed by atoms with Crippen molar-refractivity contribution in [2.75, 3.05) is 17.2 Å². The zero-order valence-corrected chi connectivity index (χ0v) is 11.5. The van der Waals surface area contributed by atoms with Crippen LogP contribution in [0.5, 0.6) is 0 Å². The van der Waals surface area contributed by atoms with E-state index in [4.69, 9.17) is 0 Å². The molecule has 1 aliphatic heterocycles. The molecule has 2 N–H and O–H groups in total. The van der Waals surface area contributed by atoms with Gasteiger partial charge in [-0.05, 0) is 36.0 Å². The first-order valence-electron chi connectivity index (χ1n) is 6.61. The highest BCUT2D eigenvalue weighted by Crippen LogP contribution is 2.29. The third-order valence-corrected chi connectivity index (χ3v) is 3.06. The quantitative estimate of drug-likeness (QED) is 0.839. The van der Waals surface area contributed by atoms with Crippen molar-refractivity contribution in [2.24, 2.45) is 5.41 Å². The second kappa shape index (κ2) is 5.01. The number of benzene rings is 1. The fourth-order valence-electron chi connectivity index (χ4n) is 2.30. The van der Waals surface area contributed by atoms with E-state index in [0.717, 1.165) is 30.8 Å². The molecule has 0 bridgehead atoms. The summed E-state index contributed by atoms with van der Waals surface area (Å²) in [7, 11) is 0. The number of carbonyl (C=O) groups is 1. The van der Waals surface area contributed by atoms with Gasteiger partial charge in [0, 0.05) is 24.3 Å². The van der Waals surface area contributed by atoms with Crippen LogP contribution in [0.4, 0.5) is 11.4 Å². The lowest BCUT2D eigenvalue weighted by Gasteiger charge is -2.22. The minimum atomic E-state index is 0.0250. The normalized spacial score (nSPS) is 14.6. The van der Waals surface area contributed by atoms with Crippen molar-refractivity contribution in [3.63, 3.8) is 0 Å². The molecular formula is C15H22N2O. The molecule has 1 amide bonds. The zero-order valence-electron chi connectivity index (χ0n) is 11.5. The summed E-state index contributed by atoms with van der Waals surface area (Å²) in [6.07, 6.45) is 2.71. The van der Waals surface area contributed by atoms with Gasteiger partial charge in [0.15, 0.2) is 0 Å². The van der Waals surface area contributed by atoms with E-state index in [1.807, 2.05) is 12.1 Å². The smallest absolute Gasteiger partial charge is 0.224 e. The number of anilines is 2. The summed E-state index contributed by atoms with van der Waals surface area (Å²) in [6.45, 7) is 7.25. The predicted molar refractivity (Wildman–Crippen MR) is 76.0 cm³/mol. The molecule has 0 atom stereocenters. The molecule has 0 aliphatic carbocycles. The van der Waals surface area contributed by atoms with Crippen molar-refractivity contribution >= 4 is 17.3 Å². The second-order valence-electron chi connectivity index (χ2n) is 6.15. The van der Waals surface area contributed by atoms with Gasteiger partial charge in [0.2, 0.25) is 5.91 Å². The third-order valence-electron chi connectivity index (χ3n) is 3.06. The minimum Gasteiger partial charge on any atom is -0.385 e. The van der Waals surface area contributed by atoms with Crippen LogP contribution in [0, 0.1) is 5.41 Å². The summed E-state index contributed by atoms with van der Waals surface area (Å²) in [5.41, 5.74) is 3.40. The number of nitrogens with one attached hydrogen (secondary N) is 2. The Kier molecular flexibility index (Phi) is 3.60. The number of hydrogen-bond acceptors (Lipinski definition) is 2. The van der Waals surface area contributed by atoms with E-state index >= 15 is 0 Å². The summed E-state index contributed by atoms with van der Waals surface area (Å²) in [5.74, 6) is 0.0986. The van der Waals surface area contributed by atoms with Gasteiger partial charge in [-0.2, -0.15) is 0 Å². The fourth-order valence-corrected chi connectivity index (χ4v) is 2.30. The van der Waals surface area contributed by atoms with Gasteiger partial charge in [-0.15, -0.1) is 0 Å². The van der Waals surface area contributed by atoms with Crippen molar-refractivity contribution in [2.45, 2.75) is 40.0 Å². The van der Waals surface area contributed by atoms with Gasteiger partial charge in [-0.25, -0.2) is 0 Å². The van der Waals surface area contributed by atoms with E-state index in [-0.39, 0.29) is 11.3 Å². The Labute approximate surface area is 109 Å². The molecule has 0 saturated heterocycles. The third kappa shape index (κ3) is 3.25. The molecule has 1 aromatic rings. The highest BCUT2D eigenvalue weighted by molar-refractivity contribution is 5.93. The second-order valence-corrected chi connectivity index (χ2v) is 6.15. The van der Waals surface area contributed by atoms with Crippen molar-refractivity contribution in [1.29, 1.82) is 0 Å². The Morgan fingerprint density at radius 1 is 1.39 bits per heavy atom. The van der Waals surface area contributed by atoms with Gasteiger partial charge in [0.25, 0.3) is 0 Å². The molecule has 18 heavy (non-hydrogen) atoms. The Bertz CT molecular complexity index is 446. The molecule has 1 aromatic carbocycles. The predicted octanol–water partition coefficient (Wildman–Crippen LogP) is 3.42. The molecule has 98 valence electrons. The van der Waals surface area contributed by atoms with E-state index < -0.39 is 0 Å². The summed E-state index contributed by atoms with van der Waals surface area (Å²) in [4.78, 5) is 12.0. The lowest BCUT2D eigenvalue weighted by molar-refractivity contribution is -0.117. The van der Waals surface area contributed by atoms with E-state index in [2.05, 4.69) is 37.5 Å². The van der Waals surface area contributed by atoms with Crippen LogP contribution in [0.25, 0.3) is 0 Å². The fraction of sp³-hybridized carbons (Fsp3) is 0.533. The Hall–Kier alpha value is -1.51. The van der Waals surface area contributed by atoms with Crippen LogP contribution in [0.2, 0.25) is 0 Å². The lowest BCUT2D eigenvalue weighted by atomic mass is 9.92. The van der Waals surface area contributed by atoms with Gasteiger partial charge >= 0.3 is 0 Å². The largest absolute Gasteiger partial charge is 0.385 e. The van der Waals surface area contributed by atoms with Crippen molar-refractivity contribution < 1.29 is 4.79 Å². The Morgan fingerprint density at radius 3 is 2.89 bits per heavy atom. The molecule has 0 unspecified atom stereocenters. The Balaban J connectivity index is 2.12. The van der Waals surface area contributed by atoms with Crippen LogP contribution in [-0.2, 0) is 11.2 Å². The van der Waals surface area contributed by atoms with Gasteiger partial charge in [-0.1, -0.05) is 26.8 Å². The maximum Gasteiger partial charge on any atom is 0.224 e. The minimum absolute atomic E-state index is 0.0250. The van der Waals surface area contributed by atoms with Crippen molar-refractivity contribution in [3.8, 4) is 0 Å². The average molecular weight is 246 g/mol. The van der Waals surface area contributed by atoms with Crippen LogP contribution in [-0.4, -0.2) is 12.5 Å². The van der Waals surface area contributed by atoms with E-state index in [1.165, 1.54) is 5.56 Å². The zero-order chi connectivity index (χ0) is 13.2. The molecule has 0 radical (unpaired) electrons. The monoisotopic (exact) mass is 246 g/mol. The van der Waals surface area contributed by atoms with E-state index in [9.17, 15) is 4.79 Å². The van der Waals surface area contributed by atoms with Crippen LogP contribution in [0.15, 0.2) is 18.2 Å². The van der Waals surface area contributed by atoms with Crippen LogP contribution >= 0.6 is 0 Å². The van der Waals surface area contributed by atoms with Crippen LogP contribution in [0.3, 0.4) is 0 Å². The molecule has 1 aliphatic rings. The molecular weight excluding hydrogens is 224 g/mol. The SMILES string of the molecule is CC(C)(C)CC(=O)Nc1cccc2c1CCCN2. The lowest BCUT2D eigenvalue weighted by Crippen LogP contribution is -2.21. The highest BCUT2D eigenvalue weighted by Gasteiger charge is 2.18. The number of amides is 1. The first kappa shape index (κ1) is 12.9. The molecule has 1 heterocycles. The number of rotatable bonds is 2. The standard InChI is InChI=1S/C15H22N2O/c1-15(2,3)10-14(18)17-13-8-4-7-12-11(13)6-5-9-16-12/h4,7-8,16H,5-6,9-10H2,1-3H3,(H,17,18). The molecule has 0 saturated carbocycles. The van der Waals surface area contributed by atoms with Crippen LogP contribution < -0.4 is 10.6 Å².